The van der Waals surface area contributed by atoms with E-state index in [0.29, 0.717) is 41.0 Å². The van der Waals surface area contributed by atoms with Crippen molar-refractivity contribution in [3.63, 3.8) is 0 Å². The lowest BCUT2D eigenvalue weighted by Crippen LogP contribution is -2.28. The molecule has 1 unspecified atom stereocenters. The van der Waals surface area contributed by atoms with Gasteiger partial charge in [-0.2, -0.15) is 0 Å². The third kappa shape index (κ3) is 2.55. The summed E-state index contributed by atoms with van der Waals surface area (Å²) in [7, 11) is 3.04. The van der Waals surface area contributed by atoms with Crippen molar-refractivity contribution in [2.75, 3.05) is 38.0 Å². The fraction of sp³-hybridized carbons (Fsp3) is 0.538. The second kappa shape index (κ2) is 6.32. The number of thioether (sulfide) groups is 1. The maximum atomic E-state index is 6.10. The van der Waals surface area contributed by atoms with Gasteiger partial charge in [0.2, 0.25) is 6.29 Å². The van der Waals surface area contributed by atoms with E-state index >= 15 is 0 Å². The summed E-state index contributed by atoms with van der Waals surface area (Å²) in [5.74, 6) is 2.00. The Morgan fingerprint density at radius 2 is 1.85 bits per heavy atom. The quantitative estimate of drug-likeness (QED) is 0.805. The molecule has 1 aliphatic rings. The molecule has 0 aliphatic carbocycles. The molecule has 2 rings (SSSR count). The zero-order chi connectivity index (χ0) is 14.7. The number of anilines is 2. The molecule has 0 radical (unpaired) electrons. The molecule has 1 aliphatic heterocycles. The van der Waals surface area contributed by atoms with E-state index in [1.165, 1.54) is 14.2 Å². The van der Waals surface area contributed by atoms with Gasteiger partial charge in [0.1, 0.15) is 5.69 Å². The van der Waals surface area contributed by atoms with Crippen molar-refractivity contribution in [2.45, 2.75) is 24.5 Å². The van der Waals surface area contributed by atoms with E-state index in [1.807, 2.05) is 6.92 Å². The zero-order valence-corrected chi connectivity index (χ0v) is 12.7. The SMILES string of the molecule is CCCOC1CSc2c(N)c(OC)c(OC)c(N)c2O1. The Kier molecular flexibility index (Phi) is 4.72. The summed E-state index contributed by atoms with van der Waals surface area (Å²) in [4.78, 5) is 0.775. The molecule has 6 nitrogen and oxygen atoms in total. The summed E-state index contributed by atoms with van der Waals surface area (Å²) in [6, 6.07) is 0. The van der Waals surface area contributed by atoms with E-state index in [9.17, 15) is 0 Å². The van der Waals surface area contributed by atoms with Gasteiger partial charge in [0.25, 0.3) is 0 Å². The second-order valence-corrected chi connectivity index (χ2v) is 5.31. The number of nitrogens with two attached hydrogens (primary N) is 2. The van der Waals surface area contributed by atoms with Crippen LogP contribution in [-0.4, -0.2) is 32.9 Å². The average Bonchev–Trinajstić information content (AvgIpc) is 2.48. The van der Waals surface area contributed by atoms with Crippen molar-refractivity contribution in [3.05, 3.63) is 0 Å². The van der Waals surface area contributed by atoms with Crippen molar-refractivity contribution in [3.8, 4) is 17.2 Å². The van der Waals surface area contributed by atoms with Gasteiger partial charge >= 0.3 is 0 Å². The van der Waals surface area contributed by atoms with Gasteiger partial charge in [0.15, 0.2) is 17.2 Å². The highest BCUT2D eigenvalue weighted by Crippen LogP contribution is 2.53. The van der Waals surface area contributed by atoms with Crippen molar-refractivity contribution in [1.82, 2.24) is 0 Å². The number of nitrogen functional groups attached to an aromatic ring is 2. The summed E-state index contributed by atoms with van der Waals surface area (Å²) in [6.45, 7) is 2.69. The Balaban J connectivity index is 2.39. The van der Waals surface area contributed by atoms with Gasteiger partial charge in [-0.15, -0.1) is 11.8 Å². The minimum Gasteiger partial charge on any atom is -0.491 e. The van der Waals surface area contributed by atoms with Crippen molar-refractivity contribution >= 4 is 23.1 Å². The summed E-state index contributed by atoms with van der Waals surface area (Å²) in [5, 5.41) is 0. The first kappa shape index (κ1) is 14.9. The standard InChI is InChI=1S/C13H20N2O4S/c1-4-5-18-7-6-20-13-9(15)11(17-3)10(16-2)8(14)12(13)19-7/h7H,4-6,14-15H2,1-3H3. The molecule has 0 bridgehead atoms. The monoisotopic (exact) mass is 300 g/mol. The van der Waals surface area contributed by atoms with Gasteiger partial charge in [0, 0.05) is 0 Å². The number of hydrogen-bond acceptors (Lipinski definition) is 7. The Morgan fingerprint density at radius 3 is 2.45 bits per heavy atom. The van der Waals surface area contributed by atoms with Gasteiger partial charge in [0.05, 0.1) is 37.2 Å². The number of hydrogen-bond donors (Lipinski definition) is 2. The van der Waals surface area contributed by atoms with Crippen LogP contribution >= 0.6 is 11.8 Å². The molecule has 0 fully saturated rings. The number of rotatable bonds is 5. The van der Waals surface area contributed by atoms with Gasteiger partial charge in [-0.3, -0.25) is 0 Å². The Labute approximate surface area is 122 Å². The van der Waals surface area contributed by atoms with Gasteiger partial charge in [-0.1, -0.05) is 6.92 Å². The van der Waals surface area contributed by atoms with Crippen molar-refractivity contribution < 1.29 is 18.9 Å². The maximum Gasteiger partial charge on any atom is 0.209 e. The maximum absolute atomic E-state index is 6.10. The van der Waals surface area contributed by atoms with Crippen LogP contribution < -0.4 is 25.7 Å². The fourth-order valence-electron chi connectivity index (χ4n) is 2.01. The molecule has 1 atom stereocenters. The predicted octanol–water partition coefficient (Wildman–Crippen LogP) is 2.11. The Morgan fingerprint density at radius 1 is 1.20 bits per heavy atom. The molecule has 0 aromatic heterocycles. The Bertz CT molecular complexity index is 496. The van der Waals surface area contributed by atoms with Gasteiger partial charge < -0.3 is 30.4 Å². The molecular weight excluding hydrogens is 280 g/mol. The molecule has 1 aromatic rings. The Hall–Kier alpha value is -1.47. The largest absolute Gasteiger partial charge is 0.491 e. The van der Waals surface area contributed by atoms with Crippen LogP contribution in [0.2, 0.25) is 0 Å². The van der Waals surface area contributed by atoms with Crippen molar-refractivity contribution in [1.29, 1.82) is 0 Å². The highest BCUT2D eigenvalue weighted by molar-refractivity contribution is 7.99. The van der Waals surface area contributed by atoms with Gasteiger partial charge in [-0.25, -0.2) is 0 Å². The molecule has 4 N–H and O–H groups in total. The highest BCUT2D eigenvalue weighted by Gasteiger charge is 2.30. The van der Waals surface area contributed by atoms with E-state index in [-0.39, 0.29) is 6.29 Å². The minimum absolute atomic E-state index is 0.327. The normalized spacial score (nSPS) is 17.2. The molecule has 0 spiro atoms. The summed E-state index contributed by atoms with van der Waals surface area (Å²) < 4.78 is 22.0. The van der Waals surface area contributed by atoms with Crippen LogP contribution in [0.1, 0.15) is 13.3 Å². The van der Waals surface area contributed by atoms with E-state index in [0.717, 1.165) is 11.3 Å². The first-order valence-corrected chi connectivity index (χ1v) is 7.36. The molecule has 1 heterocycles. The molecular formula is C13H20N2O4S. The lowest BCUT2D eigenvalue weighted by atomic mass is 10.2. The number of fused-ring (bicyclic) bond motifs is 1. The molecule has 0 saturated carbocycles. The van der Waals surface area contributed by atoms with Crippen molar-refractivity contribution in [2.24, 2.45) is 0 Å². The fourth-order valence-corrected chi connectivity index (χ4v) is 3.01. The van der Waals surface area contributed by atoms with Gasteiger partial charge in [-0.05, 0) is 6.42 Å². The lowest BCUT2D eigenvalue weighted by molar-refractivity contribution is -0.0659. The molecule has 7 heteroatoms. The summed E-state index contributed by atoms with van der Waals surface area (Å²) in [6.07, 6.45) is 0.605. The first-order valence-electron chi connectivity index (χ1n) is 6.37. The highest BCUT2D eigenvalue weighted by atomic mass is 32.2. The van der Waals surface area contributed by atoms with E-state index < -0.39 is 0 Å². The van der Waals surface area contributed by atoms with Crippen LogP contribution in [-0.2, 0) is 4.74 Å². The number of methoxy groups -OCH3 is 2. The molecule has 112 valence electrons. The minimum atomic E-state index is -0.327. The van der Waals surface area contributed by atoms with Crippen LogP contribution in [0.15, 0.2) is 4.90 Å². The zero-order valence-electron chi connectivity index (χ0n) is 11.9. The first-order chi connectivity index (χ1) is 9.63. The van der Waals surface area contributed by atoms with E-state index in [2.05, 4.69) is 0 Å². The number of benzene rings is 1. The number of ether oxygens (including phenoxy) is 4. The van der Waals surface area contributed by atoms with Crippen LogP contribution in [0.25, 0.3) is 0 Å². The third-order valence-corrected chi connectivity index (χ3v) is 4.05. The van der Waals surface area contributed by atoms with E-state index in [4.69, 9.17) is 30.4 Å². The molecule has 0 amide bonds. The lowest BCUT2D eigenvalue weighted by Gasteiger charge is -2.29. The molecule has 1 aromatic carbocycles. The van der Waals surface area contributed by atoms with Crippen LogP contribution in [0, 0.1) is 0 Å². The molecule has 20 heavy (non-hydrogen) atoms. The topological polar surface area (TPSA) is 89.0 Å². The van der Waals surface area contributed by atoms with Crippen LogP contribution in [0.5, 0.6) is 17.2 Å². The van der Waals surface area contributed by atoms with Crippen LogP contribution in [0.4, 0.5) is 11.4 Å². The molecule has 0 saturated heterocycles. The van der Waals surface area contributed by atoms with E-state index in [1.54, 1.807) is 11.8 Å². The summed E-state index contributed by atoms with van der Waals surface area (Å²) in [5.41, 5.74) is 13.1. The smallest absolute Gasteiger partial charge is 0.209 e. The summed E-state index contributed by atoms with van der Waals surface area (Å²) >= 11 is 1.55. The average molecular weight is 300 g/mol. The predicted molar refractivity (Wildman–Crippen MR) is 79.8 cm³/mol. The third-order valence-electron chi connectivity index (χ3n) is 2.92. The van der Waals surface area contributed by atoms with Crippen LogP contribution in [0.3, 0.4) is 0 Å². The second-order valence-electron chi connectivity index (χ2n) is 4.28.